The van der Waals surface area contributed by atoms with Crippen LogP contribution in [0.2, 0.25) is 0 Å². The minimum atomic E-state index is -5.81. The van der Waals surface area contributed by atoms with Crippen LogP contribution < -0.4 is 0 Å². The van der Waals surface area contributed by atoms with E-state index in [0.717, 1.165) is 0 Å². The van der Waals surface area contributed by atoms with Crippen molar-refractivity contribution >= 4 is 11.9 Å². The first-order valence-corrected chi connectivity index (χ1v) is 6.75. The van der Waals surface area contributed by atoms with E-state index in [9.17, 15) is 35.9 Å². The molecule has 0 saturated carbocycles. The number of esters is 2. The van der Waals surface area contributed by atoms with Crippen LogP contribution >= 0.6 is 0 Å². The Morgan fingerprint density at radius 1 is 1.04 bits per heavy atom. The van der Waals surface area contributed by atoms with E-state index in [1.807, 2.05) is 0 Å². The van der Waals surface area contributed by atoms with Crippen molar-refractivity contribution in [2.75, 3.05) is 6.61 Å². The van der Waals surface area contributed by atoms with Gasteiger partial charge in [0.05, 0.1) is 11.8 Å². The third-order valence-corrected chi connectivity index (χ3v) is 3.21. The van der Waals surface area contributed by atoms with Gasteiger partial charge in [0.25, 0.3) is 6.10 Å². The summed E-state index contributed by atoms with van der Waals surface area (Å²) < 4.78 is 83.1. The molecular formula is C14H14F6O4. The Morgan fingerprint density at radius 3 is 1.92 bits per heavy atom. The van der Waals surface area contributed by atoms with Crippen LogP contribution in [0.25, 0.3) is 0 Å². The summed E-state index contributed by atoms with van der Waals surface area (Å²) in [6, 6.07) is 0. The number of allylic oxidation sites excluding steroid dienone is 2. The number of halogens is 6. The number of carbonyl (C=O) groups excluding carboxylic acids is 2. The normalized spacial score (nSPS) is 21.5. The number of carbonyl (C=O) groups is 2. The number of hydrogen-bond acceptors (Lipinski definition) is 4. The van der Waals surface area contributed by atoms with Crippen molar-refractivity contribution in [3.05, 3.63) is 24.8 Å². The molecular weight excluding hydrogens is 346 g/mol. The molecule has 0 N–H and O–H groups in total. The molecule has 136 valence electrons. The summed E-state index contributed by atoms with van der Waals surface area (Å²) in [6.07, 6.45) is -12.1. The maximum absolute atomic E-state index is 12.5. The topological polar surface area (TPSA) is 52.6 Å². The fourth-order valence-electron chi connectivity index (χ4n) is 2.11. The molecule has 0 aromatic heterocycles. The van der Waals surface area contributed by atoms with Crippen molar-refractivity contribution in [2.45, 2.75) is 31.3 Å². The van der Waals surface area contributed by atoms with Gasteiger partial charge in [0.1, 0.15) is 6.61 Å². The van der Waals surface area contributed by atoms with Gasteiger partial charge in [-0.3, -0.25) is 9.59 Å². The van der Waals surface area contributed by atoms with Gasteiger partial charge in [-0.15, -0.1) is 0 Å². The zero-order valence-electron chi connectivity index (χ0n) is 12.2. The molecule has 0 radical (unpaired) electrons. The van der Waals surface area contributed by atoms with Crippen LogP contribution in [0.1, 0.15) is 12.8 Å². The second-order valence-electron chi connectivity index (χ2n) is 4.97. The first-order valence-electron chi connectivity index (χ1n) is 6.75. The van der Waals surface area contributed by atoms with Gasteiger partial charge in [0.2, 0.25) is 0 Å². The SMILES string of the molecule is C=CCOC(=O)C1CC=CCC1C(=O)OC(C(F)(F)F)C(F)(F)F. The second kappa shape index (κ2) is 7.71. The van der Waals surface area contributed by atoms with Crippen LogP contribution in [0.5, 0.6) is 0 Å². The lowest BCUT2D eigenvalue weighted by Crippen LogP contribution is -2.47. The Balaban J connectivity index is 2.91. The van der Waals surface area contributed by atoms with E-state index in [0.29, 0.717) is 0 Å². The van der Waals surface area contributed by atoms with Crippen LogP contribution in [0.15, 0.2) is 24.8 Å². The third-order valence-electron chi connectivity index (χ3n) is 3.21. The molecule has 2 unspecified atom stereocenters. The molecule has 0 saturated heterocycles. The minimum absolute atomic E-state index is 0.0571. The fraction of sp³-hybridized carbons (Fsp3) is 0.571. The molecule has 24 heavy (non-hydrogen) atoms. The summed E-state index contributed by atoms with van der Waals surface area (Å²) in [5.41, 5.74) is 0. The predicted molar refractivity (Wildman–Crippen MR) is 68.5 cm³/mol. The summed E-state index contributed by atoms with van der Waals surface area (Å²) in [5, 5.41) is 0. The van der Waals surface area contributed by atoms with E-state index in [1.165, 1.54) is 18.2 Å². The molecule has 1 aliphatic carbocycles. The van der Waals surface area contributed by atoms with E-state index in [4.69, 9.17) is 4.74 Å². The van der Waals surface area contributed by atoms with Gasteiger partial charge < -0.3 is 9.47 Å². The highest BCUT2D eigenvalue weighted by Gasteiger charge is 2.60. The quantitative estimate of drug-likeness (QED) is 0.429. The molecule has 0 fully saturated rings. The molecule has 2 atom stereocenters. The smallest absolute Gasteiger partial charge is 0.434 e. The van der Waals surface area contributed by atoms with Gasteiger partial charge in [-0.2, -0.15) is 26.3 Å². The first-order chi connectivity index (χ1) is 11.0. The van der Waals surface area contributed by atoms with Gasteiger partial charge in [0.15, 0.2) is 0 Å². The standard InChI is InChI=1S/C14H14F6O4/c1-2-7-23-10(21)8-5-3-4-6-9(8)11(22)24-12(13(15,16)17)14(18,19)20/h2-4,8-9,12H,1,5-7H2. The lowest BCUT2D eigenvalue weighted by atomic mass is 9.83. The van der Waals surface area contributed by atoms with Crippen molar-refractivity contribution < 1.29 is 45.4 Å². The molecule has 0 amide bonds. The van der Waals surface area contributed by atoms with E-state index in [2.05, 4.69) is 11.3 Å². The Kier molecular flexibility index (Phi) is 6.44. The van der Waals surface area contributed by atoms with Crippen molar-refractivity contribution in [2.24, 2.45) is 11.8 Å². The molecule has 4 nitrogen and oxygen atoms in total. The van der Waals surface area contributed by atoms with Gasteiger partial charge in [-0.25, -0.2) is 0 Å². The van der Waals surface area contributed by atoms with Crippen LogP contribution in [-0.4, -0.2) is 37.0 Å². The van der Waals surface area contributed by atoms with Gasteiger partial charge in [0, 0.05) is 0 Å². The number of ether oxygens (including phenoxy) is 2. The Morgan fingerprint density at radius 2 is 1.50 bits per heavy atom. The summed E-state index contributed by atoms with van der Waals surface area (Å²) >= 11 is 0. The van der Waals surface area contributed by atoms with E-state index in [1.54, 1.807) is 0 Å². The predicted octanol–water partition coefficient (Wildman–Crippen LogP) is 3.33. The molecule has 0 heterocycles. The van der Waals surface area contributed by atoms with Gasteiger partial charge in [-0.05, 0) is 12.8 Å². The largest absolute Gasteiger partial charge is 0.461 e. The number of alkyl halides is 6. The highest BCUT2D eigenvalue weighted by Crippen LogP contribution is 2.37. The zero-order chi connectivity index (χ0) is 18.5. The van der Waals surface area contributed by atoms with Crippen LogP contribution in [-0.2, 0) is 19.1 Å². The van der Waals surface area contributed by atoms with Crippen molar-refractivity contribution in [1.29, 1.82) is 0 Å². The van der Waals surface area contributed by atoms with Crippen molar-refractivity contribution in [3.8, 4) is 0 Å². The molecule has 0 aromatic carbocycles. The average molecular weight is 360 g/mol. The van der Waals surface area contributed by atoms with Crippen LogP contribution in [0.4, 0.5) is 26.3 Å². The molecule has 0 bridgehead atoms. The molecule has 1 aliphatic rings. The summed E-state index contributed by atoms with van der Waals surface area (Å²) in [6.45, 7) is 3.09. The second-order valence-corrected chi connectivity index (χ2v) is 4.97. The van der Waals surface area contributed by atoms with Crippen LogP contribution in [0.3, 0.4) is 0 Å². The first kappa shape index (κ1) is 20.0. The van der Waals surface area contributed by atoms with Crippen molar-refractivity contribution in [3.63, 3.8) is 0 Å². The molecule has 10 heteroatoms. The molecule has 0 aliphatic heterocycles. The lowest BCUT2D eigenvalue weighted by molar-refractivity contribution is -0.314. The Hall–Kier alpha value is -2.00. The van der Waals surface area contributed by atoms with Gasteiger partial charge in [-0.1, -0.05) is 24.8 Å². The highest BCUT2D eigenvalue weighted by molar-refractivity contribution is 5.83. The molecule has 1 rings (SSSR count). The maximum Gasteiger partial charge on any atom is 0.434 e. The Labute approximate surface area is 133 Å². The fourth-order valence-corrected chi connectivity index (χ4v) is 2.11. The van der Waals surface area contributed by atoms with E-state index < -0.39 is 42.2 Å². The number of rotatable bonds is 5. The average Bonchev–Trinajstić information content (AvgIpc) is 2.47. The molecule has 0 aromatic rings. The summed E-state index contributed by atoms with van der Waals surface area (Å²) in [5.74, 6) is -5.37. The summed E-state index contributed by atoms with van der Waals surface area (Å²) in [7, 11) is 0. The zero-order valence-corrected chi connectivity index (χ0v) is 12.2. The lowest BCUT2D eigenvalue weighted by Gasteiger charge is -2.28. The Bertz CT molecular complexity index is 494. The highest BCUT2D eigenvalue weighted by atomic mass is 19.4. The summed E-state index contributed by atoms with van der Waals surface area (Å²) in [4.78, 5) is 23.6. The van der Waals surface area contributed by atoms with E-state index >= 15 is 0 Å². The molecule has 0 spiro atoms. The van der Waals surface area contributed by atoms with Crippen LogP contribution in [0, 0.1) is 11.8 Å². The maximum atomic E-state index is 12.5. The van der Waals surface area contributed by atoms with Gasteiger partial charge >= 0.3 is 24.3 Å². The van der Waals surface area contributed by atoms with E-state index in [-0.39, 0.29) is 19.4 Å². The number of hydrogen-bond donors (Lipinski definition) is 0. The third kappa shape index (κ3) is 5.27. The van der Waals surface area contributed by atoms with Crippen molar-refractivity contribution in [1.82, 2.24) is 0 Å². The monoisotopic (exact) mass is 360 g/mol. The minimum Gasteiger partial charge on any atom is -0.461 e.